The maximum atomic E-state index is 12.2. The minimum Gasteiger partial charge on any atom is -0.390 e. The number of nitrogens with zero attached hydrogens (tertiary/aromatic N) is 1. The third-order valence-corrected chi connectivity index (χ3v) is 5.08. The molecule has 1 aliphatic carbocycles. The topological polar surface area (TPSA) is 71.3 Å². The molecule has 1 saturated carbocycles. The Morgan fingerprint density at radius 1 is 1.47 bits per heavy atom. The Labute approximate surface area is 114 Å². The summed E-state index contributed by atoms with van der Waals surface area (Å²) in [7, 11) is -3.46. The van der Waals surface area contributed by atoms with Gasteiger partial charge in [0, 0.05) is 24.5 Å². The van der Waals surface area contributed by atoms with E-state index in [9.17, 15) is 13.5 Å². The molecule has 2 rings (SSSR count). The number of nitrogens with one attached hydrogen (secondary N) is 1. The highest BCUT2D eigenvalue weighted by Gasteiger charge is 2.30. The Kier molecular flexibility index (Phi) is 4.32. The molecule has 6 heteroatoms. The Morgan fingerprint density at radius 2 is 2.16 bits per heavy atom. The van der Waals surface area contributed by atoms with Gasteiger partial charge in [0.25, 0.3) is 0 Å². The van der Waals surface area contributed by atoms with Gasteiger partial charge in [-0.3, -0.25) is 0 Å². The summed E-state index contributed by atoms with van der Waals surface area (Å²) in [5, 5.41) is 9.26. The standard InChI is InChI=1S/C13H22N2O3S/c1-3-4-15-8-13(7-12(15)9-16)19(17,18)14-11-5-10(2)6-11/h7-8,10-11,14,16H,3-6,9H2,1-2H3. The lowest BCUT2D eigenvalue weighted by Crippen LogP contribution is -2.43. The van der Waals surface area contributed by atoms with Crippen LogP contribution in [0.15, 0.2) is 17.2 Å². The largest absolute Gasteiger partial charge is 0.390 e. The highest BCUT2D eigenvalue weighted by atomic mass is 32.2. The van der Waals surface area contributed by atoms with Crippen LogP contribution < -0.4 is 4.72 Å². The summed E-state index contributed by atoms with van der Waals surface area (Å²) in [4.78, 5) is 0.254. The van der Waals surface area contributed by atoms with Gasteiger partial charge in [-0.15, -0.1) is 0 Å². The predicted molar refractivity (Wildman–Crippen MR) is 73.2 cm³/mol. The third-order valence-electron chi connectivity index (χ3n) is 3.59. The minimum atomic E-state index is -3.46. The second-order valence-corrected chi connectivity index (χ2v) is 7.13. The van der Waals surface area contributed by atoms with Crippen molar-refractivity contribution in [3.8, 4) is 0 Å². The number of aromatic nitrogens is 1. The number of hydrogen-bond acceptors (Lipinski definition) is 3. The second kappa shape index (κ2) is 5.64. The summed E-state index contributed by atoms with van der Waals surface area (Å²) in [6.45, 7) is 4.71. The van der Waals surface area contributed by atoms with Crippen molar-refractivity contribution in [1.29, 1.82) is 0 Å². The highest BCUT2D eigenvalue weighted by Crippen LogP contribution is 2.28. The van der Waals surface area contributed by atoms with Gasteiger partial charge >= 0.3 is 0 Å². The van der Waals surface area contributed by atoms with Gasteiger partial charge in [-0.25, -0.2) is 13.1 Å². The van der Waals surface area contributed by atoms with Crippen LogP contribution in [0.4, 0.5) is 0 Å². The zero-order valence-corrected chi connectivity index (χ0v) is 12.3. The van der Waals surface area contributed by atoms with Gasteiger partial charge in [0.1, 0.15) is 0 Å². The Balaban J connectivity index is 2.15. The maximum absolute atomic E-state index is 12.2. The lowest BCUT2D eigenvalue weighted by molar-refractivity contribution is 0.270. The molecule has 19 heavy (non-hydrogen) atoms. The van der Waals surface area contributed by atoms with Crippen LogP contribution in [0, 0.1) is 5.92 Å². The van der Waals surface area contributed by atoms with E-state index in [2.05, 4.69) is 11.6 Å². The molecule has 1 aliphatic rings. The molecule has 0 radical (unpaired) electrons. The van der Waals surface area contributed by atoms with E-state index < -0.39 is 10.0 Å². The highest BCUT2D eigenvalue weighted by molar-refractivity contribution is 7.89. The Hall–Kier alpha value is -0.850. The molecule has 108 valence electrons. The SMILES string of the molecule is CCCn1cc(S(=O)(=O)NC2CC(C)C2)cc1CO. The monoisotopic (exact) mass is 286 g/mol. The van der Waals surface area contributed by atoms with Gasteiger partial charge in [-0.05, 0) is 31.2 Å². The smallest absolute Gasteiger partial charge is 0.242 e. The van der Waals surface area contributed by atoms with Crippen LogP contribution in [0.3, 0.4) is 0 Å². The van der Waals surface area contributed by atoms with Crippen molar-refractivity contribution in [2.24, 2.45) is 5.92 Å². The predicted octanol–water partition coefficient (Wildman–Crippen LogP) is 1.47. The summed E-state index contributed by atoms with van der Waals surface area (Å²) >= 11 is 0. The van der Waals surface area contributed by atoms with Crippen molar-refractivity contribution in [1.82, 2.24) is 9.29 Å². The molecule has 1 aromatic rings. The second-order valence-electron chi connectivity index (χ2n) is 5.41. The molecule has 1 heterocycles. The number of sulfonamides is 1. The van der Waals surface area contributed by atoms with Gasteiger partial charge in [-0.1, -0.05) is 13.8 Å². The molecule has 2 N–H and O–H groups in total. The van der Waals surface area contributed by atoms with Crippen molar-refractivity contribution in [2.75, 3.05) is 0 Å². The first kappa shape index (κ1) is 14.6. The fourth-order valence-corrected chi connectivity index (χ4v) is 3.86. The molecule has 0 aromatic carbocycles. The first-order valence-corrected chi connectivity index (χ1v) is 8.26. The van der Waals surface area contributed by atoms with Gasteiger partial charge in [0.15, 0.2) is 0 Å². The van der Waals surface area contributed by atoms with E-state index in [-0.39, 0.29) is 17.5 Å². The number of hydrogen-bond donors (Lipinski definition) is 2. The van der Waals surface area contributed by atoms with E-state index in [0.29, 0.717) is 18.2 Å². The van der Waals surface area contributed by atoms with Crippen molar-refractivity contribution in [3.63, 3.8) is 0 Å². The van der Waals surface area contributed by atoms with Gasteiger partial charge in [0.2, 0.25) is 10.0 Å². The quantitative estimate of drug-likeness (QED) is 0.832. The molecule has 0 bridgehead atoms. The summed E-state index contributed by atoms with van der Waals surface area (Å²) in [5.41, 5.74) is 0.643. The lowest BCUT2D eigenvalue weighted by atomic mass is 9.83. The van der Waals surface area contributed by atoms with Crippen LogP contribution in [0.5, 0.6) is 0 Å². The van der Waals surface area contributed by atoms with Crippen molar-refractivity contribution in [2.45, 2.75) is 57.2 Å². The maximum Gasteiger partial charge on any atom is 0.242 e. The van der Waals surface area contributed by atoms with Crippen LogP contribution >= 0.6 is 0 Å². The molecule has 0 atom stereocenters. The number of aryl methyl sites for hydroxylation is 1. The first-order chi connectivity index (χ1) is 8.96. The summed E-state index contributed by atoms with van der Waals surface area (Å²) in [6, 6.07) is 1.62. The van der Waals surface area contributed by atoms with Crippen LogP contribution in [0.1, 0.15) is 38.8 Å². The van der Waals surface area contributed by atoms with Gasteiger partial charge < -0.3 is 9.67 Å². The molecule has 0 spiro atoms. The van der Waals surface area contributed by atoms with Gasteiger partial charge in [0.05, 0.1) is 11.5 Å². The molecular weight excluding hydrogens is 264 g/mol. The third kappa shape index (κ3) is 3.19. The molecule has 1 aromatic heterocycles. The number of rotatable bonds is 6. The Bertz CT molecular complexity index is 530. The van der Waals surface area contributed by atoms with E-state index in [4.69, 9.17) is 0 Å². The fraction of sp³-hybridized carbons (Fsp3) is 0.692. The molecule has 5 nitrogen and oxygen atoms in total. The van der Waals surface area contributed by atoms with Crippen LogP contribution in [0.25, 0.3) is 0 Å². The van der Waals surface area contributed by atoms with E-state index >= 15 is 0 Å². The minimum absolute atomic E-state index is 0.0621. The van der Waals surface area contributed by atoms with E-state index in [1.165, 1.54) is 0 Å². The zero-order chi connectivity index (χ0) is 14.0. The van der Waals surface area contributed by atoms with Crippen molar-refractivity contribution >= 4 is 10.0 Å². The average Bonchev–Trinajstić information content (AvgIpc) is 2.71. The van der Waals surface area contributed by atoms with Crippen molar-refractivity contribution in [3.05, 3.63) is 18.0 Å². The average molecular weight is 286 g/mol. The summed E-state index contributed by atoms with van der Waals surface area (Å²) < 4.78 is 29.0. The molecule has 0 unspecified atom stereocenters. The number of aliphatic hydroxyl groups is 1. The van der Waals surface area contributed by atoms with Gasteiger partial charge in [-0.2, -0.15) is 0 Å². The summed E-state index contributed by atoms with van der Waals surface area (Å²) in [6.07, 6.45) is 4.32. The van der Waals surface area contributed by atoms with Crippen LogP contribution in [0.2, 0.25) is 0 Å². The zero-order valence-electron chi connectivity index (χ0n) is 11.5. The lowest BCUT2D eigenvalue weighted by Gasteiger charge is -2.32. The van der Waals surface area contributed by atoms with Crippen LogP contribution in [-0.4, -0.2) is 24.1 Å². The fourth-order valence-electron chi connectivity index (χ4n) is 2.54. The van der Waals surface area contributed by atoms with Crippen LogP contribution in [-0.2, 0) is 23.2 Å². The van der Waals surface area contributed by atoms with E-state index in [1.807, 2.05) is 6.92 Å². The van der Waals surface area contributed by atoms with Crippen molar-refractivity contribution < 1.29 is 13.5 Å². The Morgan fingerprint density at radius 3 is 2.68 bits per heavy atom. The molecule has 0 aliphatic heterocycles. The molecule has 0 amide bonds. The first-order valence-electron chi connectivity index (χ1n) is 6.78. The van der Waals surface area contributed by atoms with E-state index in [1.54, 1.807) is 16.8 Å². The molecule has 1 fully saturated rings. The molecule has 0 saturated heterocycles. The normalized spacial score (nSPS) is 23.3. The number of aliphatic hydroxyl groups excluding tert-OH is 1. The van der Waals surface area contributed by atoms with E-state index in [0.717, 1.165) is 19.3 Å². The molecular formula is C13H22N2O3S. The summed E-state index contributed by atoms with van der Waals surface area (Å²) in [5.74, 6) is 0.602.